The van der Waals surface area contributed by atoms with Crippen LogP contribution in [-0.2, 0) is 4.79 Å². The quantitative estimate of drug-likeness (QED) is 0.822. The van der Waals surface area contributed by atoms with Gasteiger partial charge in [-0.05, 0) is 58.7 Å². The topological polar surface area (TPSA) is 61.4 Å². The van der Waals surface area contributed by atoms with Gasteiger partial charge in [-0.1, -0.05) is 12.1 Å². The van der Waals surface area contributed by atoms with Gasteiger partial charge in [-0.3, -0.25) is 9.59 Å². The van der Waals surface area contributed by atoms with Crippen LogP contribution in [-0.4, -0.2) is 37.4 Å². The first kappa shape index (κ1) is 18.0. The Kier molecular flexibility index (Phi) is 5.98. The molecule has 126 valence electrons. The average molecular weight is 390 g/mol. The number of aryl methyl sites for hydroxylation is 1. The third kappa shape index (κ3) is 4.83. The molecule has 5 nitrogen and oxygen atoms in total. The van der Waals surface area contributed by atoms with E-state index in [0.29, 0.717) is 11.3 Å². The molecular formula is C18H20BrN3O2. The molecule has 2 aromatic rings. The molecule has 2 N–H and O–H groups in total. The molecule has 0 saturated carbocycles. The minimum absolute atomic E-state index is 0.104. The number of rotatable bonds is 5. The molecule has 0 fully saturated rings. The monoisotopic (exact) mass is 389 g/mol. The highest BCUT2D eigenvalue weighted by atomic mass is 79.9. The lowest BCUT2D eigenvalue weighted by atomic mass is 10.2. The highest BCUT2D eigenvalue weighted by Gasteiger charge is 2.10. The maximum atomic E-state index is 12.1. The summed E-state index contributed by atoms with van der Waals surface area (Å²) in [6.07, 6.45) is 0. The van der Waals surface area contributed by atoms with Gasteiger partial charge in [0.05, 0.1) is 6.54 Å². The molecule has 0 aliphatic heterocycles. The van der Waals surface area contributed by atoms with Crippen molar-refractivity contribution < 1.29 is 9.59 Å². The molecule has 6 heteroatoms. The standard InChI is InChI=1S/C18H20BrN3O2/c1-12-7-8-16(15(19)9-12)20-11-17(23)21-14-6-4-5-13(10-14)18(24)22(2)3/h4-10,20H,11H2,1-3H3,(H,21,23). The molecule has 0 heterocycles. The first-order valence-electron chi connectivity index (χ1n) is 7.48. The van der Waals surface area contributed by atoms with Crippen LogP contribution in [0.25, 0.3) is 0 Å². The van der Waals surface area contributed by atoms with Gasteiger partial charge in [0.1, 0.15) is 0 Å². The predicted octanol–water partition coefficient (Wildman–Crippen LogP) is 3.51. The minimum atomic E-state index is -0.183. The van der Waals surface area contributed by atoms with E-state index in [9.17, 15) is 9.59 Å². The van der Waals surface area contributed by atoms with Gasteiger partial charge >= 0.3 is 0 Å². The van der Waals surface area contributed by atoms with E-state index in [0.717, 1.165) is 15.7 Å². The van der Waals surface area contributed by atoms with Crippen molar-refractivity contribution in [3.05, 3.63) is 58.1 Å². The van der Waals surface area contributed by atoms with Crippen LogP contribution in [0, 0.1) is 6.92 Å². The smallest absolute Gasteiger partial charge is 0.253 e. The summed E-state index contributed by atoms with van der Waals surface area (Å²) in [4.78, 5) is 25.5. The second-order valence-corrected chi connectivity index (χ2v) is 6.52. The Hall–Kier alpha value is -2.34. The van der Waals surface area contributed by atoms with Crippen LogP contribution in [0.2, 0.25) is 0 Å². The Labute approximate surface area is 150 Å². The molecule has 0 unspecified atom stereocenters. The lowest BCUT2D eigenvalue weighted by Crippen LogP contribution is -2.23. The van der Waals surface area contributed by atoms with Gasteiger partial charge in [-0.2, -0.15) is 0 Å². The number of hydrogen-bond donors (Lipinski definition) is 2. The van der Waals surface area contributed by atoms with Crippen molar-refractivity contribution in [1.29, 1.82) is 0 Å². The summed E-state index contributed by atoms with van der Waals surface area (Å²) in [7, 11) is 3.38. The van der Waals surface area contributed by atoms with Gasteiger partial charge in [-0.15, -0.1) is 0 Å². The molecular weight excluding hydrogens is 370 g/mol. The SMILES string of the molecule is Cc1ccc(NCC(=O)Nc2cccc(C(=O)N(C)C)c2)c(Br)c1. The zero-order valence-electron chi connectivity index (χ0n) is 13.9. The fourth-order valence-corrected chi connectivity index (χ4v) is 2.77. The van der Waals surface area contributed by atoms with Crippen LogP contribution in [0.4, 0.5) is 11.4 Å². The number of carbonyl (C=O) groups is 2. The molecule has 0 aromatic heterocycles. The number of halogens is 1. The Morgan fingerprint density at radius 3 is 2.54 bits per heavy atom. The molecule has 24 heavy (non-hydrogen) atoms. The van der Waals surface area contributed by atoms with E-state index >= 15 is 0 Å². The number of anilines is 2. The Bertz CT molecular complexity index is 760. The second-order valence-electron chi connectivity index (χ2n) is 5.67. The van der Waals surface area contributed by atoms with Crippen molar-refractivity contribution in [2.75, 3.05) is 31.3 Å². The average Bonchev–Trinajstić information content (AvgIpc) is 2.53. The molecule has 2 amide bonds. The van der Waals surface area contributed by atoms with Crippen molar-refractivity contribution in [1.82, 2.24) is 4.90 Å². The Balaban J connectivity index is 1.97. The summed E-state index contributed by atoms with van der Waals surface area (Å²) < 4.78 is 0.911. The second kappa shape index (κ2) is 7.97. The fraction of sp³-hybridized carbons (Fsp3) is 0.222. The first-order chi connectivity index (χ1) is 11.4. The summed E-state index contributed by atoms with van der Waals surface area (Å²) in [5.41, 5.74) is 3.12. The normalized spacial score (nSPS) is 10.2. The summed E-state index contributed by atoms with van der Waals surface area (Å²) in [6, 6.07) is 12.8. The third-order valence-corrected chi connectivity index (χ3v) is 4.02. The summed E-state index contributed by atoms with van der Waals surface area (Å²) in [5, 5.41) is 5.87. The lowest BCUT2D eigenvalue weighted by Gasteiger charge is -2.12. The summed E-state index contributed by atoms with van der Waals surface area (Å²) in [6.45, 7) is 2.14. The van der Waals surface area contributed by atoms with Gasteiger partial charge in [0.2, 0.25) is 5.91 Å². The third-order valence-electron chi connectivity index (χ3n) is 3.36. The van der Waals surface area contributed by atoms with E-state index in [1.807, 2.05) is 25.1 Å². The number of nitrogens with zero attached hydrogens (tertiary/aromatic N) is 1. The molecule has 0 spiro atoms. The molecule has 0 aliphatic rings. The molecule has 0 bridgehead atoms. The van der Waals surface area contributed by atoms with Crippen molar-refractivity contribution in [3.63, 3.8) is 0 Å². The molecule has 2 rings (SSSR count). The molecule has 0 aliphatic carbocycles. The molecule has 0 radical (unpaired) electrons. The largest absolute Gasteiger partial charge is 0.375 e. The maximum Gasteiger partial charge on any atom is 0.253 e. The predicted molar refractivity (Wildman–Crippen MR) is 100 cm³/mol. The van der Waals surface area contributed by atoms with E-state index in [-0.39, 0.29) is 18.4 Å². The number of benzene rings is 2. The van der Waals surface area contributed by atoms with E-state index in [1.54, 1.807) is 38.4 Å². The highest BCUT2D eigenvalue weighted by Crippen LogP contribution is 2.23. The minimum Gasteiger partial charge on any atom is -0.375 e. The lowest BCUT2D eigenvalue weighted by molar-refractivity contribution is -0.114. The van der Waals surface area contributed by atoms with Crippen LogP contribution in [0.1, 0.15) is 15.9 Å². The number of hydrogen-bond acceptors (Lipinski definition) is 3. The Morgan fingerprint density at radius 1 is 1.12 bits per heavy atom. The van der Waals surface area contributed by atoms with E-state index < -0.39 is 0 Å². The molecule has 2 aromatic carbocycles. The van der Waals surface area contributed by atoms with Crippen LogP contribution in [0.3, 0.4) is 0 Å². The van der Waals surface area contributed by atoms with Crippen molar-refractivity contribution in [2.24, 2.45) is 0 Å². The van der Waals surface area contributed by atoms with Gasteiger partial charge in [0.25, 0.3) is 5.91 Å². The van der Waals surface area contributed by atoms with Crippen LogP contribution in [0.5, 0.6) is 0 Å². The molecule has 0 saturated heterocycles. The Morgan fingerprint density at radius 2 is 1.88 bits per heavy atom. The van der Waals surface area contributed by atoms with Crippen LogP contribution in [0.15, 0.2) is 46.9 Å². The van der Waals surface area contributed by atoms with Gasteiger partial charge < -0.3 is 15.5 Å². The van der Waals surface area contributed by atoms with E-state index in [4.69, 9.17) is 0 Å². The van der Waals surface area contributed by atoms with Crippen LogP contribution < -0.4 is 10.6 Å². The van der Waals surface area contributed by atoms with Crippen molar-refractivity contribution in [3.8, 4) is 0 Å². The van der Waals surface area contributed by atoms with Crippen molar-refractivity contribution >= 4 is 39.1 Å². The van der Waals surface area contributed by atoms with Crippen LogP contribution >= 0.6 is 15.9 Å². The van der Waals surface area contributed by atoms with Gasteiger partial charge in [0, 0.05) is 35.5 Å². The molecule has 0 atom stereocenters. The summed E-state index contributed by atoms with van der Waals surface area (Å²) in [5.74, 6) is -0.287. The fourth-order valence-electron chi connectivity index (χ4n) is 2.13. The number of amides is 2. The van der Waals surface area contributed by atoms with E-state index in [1.165, 1.54) is 4.90 Å². The number of carbonyl (C=O) groups excluding carboxylic acids is 2. The van der Waals surface area contributed by atoms with E-state index in [2.05, 4.69) is 26.6 Å². The number of nitrogens with one attached hydrogen (secondary N) is 2. The zero-order valence-corrected chi connectivity index (χ0v) is 15.5. The zero-order chi connectivity index (χ0) is 17.7. The van der Waals surface area contributed by atoms with Gasteiger partial charge in [-0.25, -0.2) is 0 Å². The maximum absolute atomic E-state index is 12.1. The van der Waals surface area contributed by atoms with Crippen molar-refractivity contribution in [2.45, 2.75) is 6.92 Å². The summed E-state index contributed by atoms with van der Waals surface area (Å²) >= 11 is 3.47. The highest BCUT2D eigenvalue weighted by molar-refractivity contribution is 9.10. The first-order valence-corrected chi connectivity index (χ1v) is 8.27. The van der Waals surface area contributed by atoms with Gasteiger partial charge in [0.15, 0.2) is 0 Å².